The second-order valence-corrected chi connectivity index (χ2v) is 22.6. The lowest BCUT2D eigenvalue weighted by Crippen LogP contribution is -2.40. The standard InChI is InChI=1S/4C8H11N.H6O18P6.2H2O/c4*1-6-3-7(2)5-8(9)4-6;1-19(2)13-20(3,4)15-22(7,8)17-24(11,12)18-23(9,10)16-21(5,6)14-19;;/h4*3-5H,9H2,1-2H3;(H,1,2)(H,3,4)(H,5,6)(H,7,8)(H,9,10)(H,11,12);2*1H2. The van der Waals surface area contributed by atoms with Crippen molar-refractivity contribution in [2.24, 2.45) is 0 Å². The van der Waals surface area contributed by atoms with Crippen LogP contribution in [0.15, 0.2) is 72.8 Å². The van der Waals surface area contributed by atoms with Crippen LogP contribution in [-0.4, -0.2) is 20.7 Å². The van der Waals surface area contributed by atoms with Crippen molar-refractivity contribution in [3.63, 3.8) is 0 Å². The molecular formula is C32H54N4O20P6. The summed E-state index contributed by atoms with van der Waals surface area (Å²) < 4.78 is 84.6. The van der Waals surface area contributed by atoms with Crippen molar-refractivity contribution in [1.29, 1.82) is 0 Å². The average molecular weight is 1000 g/mol. The first-order valence-electron chi connectivity index (χ1n) is 16.8. The number of hydrogen-bond donors (Lipinski definition) is 6. The van der Waals surface area contributed by atoms with Gasteiger partial charge in [-0.1, -0.05) is 24.3 Å². The van der Waals surface area contributed by atoms with Crippen LogP contribution in [0.5, 0.6) is 0 Å². The third-order valence-electron chi connectivity index (χ3n) is 6.34. The van der Waals surface area contributed by atoms with Crippen LogP contribution < -0.4 is 42.5 Å². The van der Waals surface area contributed by atoms with E-state index in [4.69, 9.17) is 9.79 Å². The van der Waals surface area contributed by atoms with E-state index in [0.29, 0.717) is 0 Å². The van der Waals surface area contributed by atoms with Crippen molar-refractivity contribution >= 4 is 69.7 Å². The third-order valence-corrected chi connectivity index (χ3v) is 16.0. The molecular weight excluding hydrogens is 946 g/mol. The molecule has 5 rings (SSSR count). The van der Waals surface area contributed by atoms with Gasteiger partial charge in [-0.05, 0) is 99.9 Å². The highest BCUT2D eigenvalue weighted by Gasteiger charge is 2.42. The zero-order valence-corrected chi connectivity index (χ0v) is 40.2. The summed E-state index contributed by atoms with van der Waals surface area (Å²) in [4.78, 5) is 61.7. The Labute approximate surface area is 358 Å². The van der Waals surface area contributed by atoms with Crippen LogP contribution in [0, 0.1) is 55.4 Å². The molecule has 4 aromatic rings. The van der Waals surface area contributed by atoms with Gasteiger partial charge in [0.25, 0.3) is 31.3 Å². The van der Waals surface area contributed by atoms with Crippen LogP contribution in [-0.2, 0) is 53.3 Å². The molecule has 24 nitrogen and oxygen atoms in total. The van der Waals surface area contributed by atoms with E-state index in [1.54, 1.807) is 0 Å². The summed E-state index contributed by atoms with van der Waals surface area (Å²) in [6.45, 7) is 16.7. The Morgan fingerprint density at radius 2 is 0.468 bits per heavy atom. The minimum atomic E-state index is -6.47. The number of hydrogen-bond acceptors (Lipinski definition) is 16. The molecule has 30 heteroatoms. The highest BCUT2D eigenvalue weighted by atomic mass is 31.3. The topological polar surface area (TPSA) is 464 Å². The molecule has 0 spiro atoms. The van der Waals surface area contributed by atoms with E-state index in [0.717, 1.165) is 22.7 Å². The fourth-order valence-corrected chi connectivity index (χ4v) is 13.4. The summed E-state index contributed by atoms with van der Waals surface area (Å²) in [7, 11) is -38.4. The Bertz CT molecular complexity index is 1820. The van der Waals surface area contributed by atoms with Crippen molar-refractivity contribution < 1.29 is 117 Å². The van der Waals surface area contributed by atoms with Gasteiger partial charge in [-0.25, -0.2) is 35.0 Å². The second kappa shape index (κ2) is 25.3. The Morgan fingerprint density at radius 3 is 0.581 bits per heavy atom. The molecule has 18 N–H and O–H groups in total. The maximum Gasteiger partial charge on any atom is 0.485 e. The van der Waals surface area contributed by atoms with E-state index in [2.05, 4.69) is 177 Å². The van der Waals surface area contributed by atoms with Gasteiger partial charge in [0.15, 0.2) is 0 Å². The van der Waals surface area contributed by atoms with Gasteiger partial charge in [0, 0.05) is 48.5 Å². The summed E-state index contributed by atoms with van der Waals surface area (Å²) in [5.41, 5.74) is 30.1. The zero-order valence-electron chi connectivity index (χ0n) is 34.9. The van der Waals surface area contributed by atoms with Gasteiger partial charge in [0.05, 0.1) is 0 Å². The van der Waals surface area contributed by atoms with Crippen LogP contribution in [0.25, 0.3) is 0 Å². The van der Waals surface area contributed by atoms with Gasteiger partial charge in [-0.2, -0.15) is 0 Å². The molecule has 0 aliphatic carbocycles. The van der Waals surface area contributed by atoms with E-state index in [9.17, 15) is 47.0 Å². The van der Waals surface area contributed by atoms with E-state index >= 15 is 0 Å². The molecule has 4 unspecified atom stereocenters. The number of phosphoric acid groups is 6. The fourth-order valence-electron chi connectivity index (χ4n) is 5.12. The first kappa shape index (κ1) is 61.6. The molecule has 0 amide bonds. The van der Waals surface area contributed by atoms with Crippen molar-refractivity contribution in [2.75, 3.05) is 0 Å². The van der Waals surface area contributed by atoms with E-state index in [1.807, 2.05) is 0 Å². The van der Waals surface area contributed by atoms with Crippen LogP contribution in [0.1, 0.15) is 44.5 Å². The zero-order chi connectivity index (χ0) is 46.7. The quantitative estimate of drug-likeness (QED) is 0.135. The molecule has 62 heavy (non-hydrogen) atoms. The van der Waals surface area contributed by atoms with Crippen LogP contribution in [0.3, 0.4) is 0 Å². The summed E-state index contributed by atoms with van der Waals surface area (Å²) >= 11 is 0. The Kier molecular flexibility index (Phi) is 25.1. The predicted molar refractivity (Wildman–Crippen MR) is 218 cm³/mol. The lowest BCUT2D eigenvalue weighted by Gasteiger charge is -2.36. The van der Waals surface area contributed by atoms with Gasteiger partial charge < -0.3 is 63.2 Å². The summed E-state index contributed by atoms with van der Waals surface area (Å²) in [6.07, 6.45) is 0. The highest BCUT2D eigenvalue weighted by molar-refractivity contribution is 7.74. The maximum atomic E-state index is 11.1. The minimum Gasteiger partial charge on any atom is -0.756 e. The molecule has 0 radical (unpaired) electrons. The third kappa shape index (κ3) is 27.7. The van der Waals surface area contributed by atoms with Crippen LogP contribution in [0.4, 0.5) is 22.7 Å². The molecule has 0 aromatic heterocycles. The van der Waals surface area contributed by atoms with Crippen molar-refractivity contribution in [1.82, 2.24) is 0 Å². The van der Waals surface area contributed by atoms with Crippen LogP contribution >= 0.6 is 46.9 Å². The number of benzene rings is 4. The minimum absolute atomic E-state index is 0. The molecule has 4 atom stereocenters. The van der Waals surface area contributed by atoms with Gasteiger partial charge >= 0.3 is 15.6 Å². The molecule has 0 bridgehead atoms. The Morgan fingerprint density at radius 1 is 0.339 bits per heavy atom. The van der Waals surface area contributed by atoms with E-state index < -0.39 is 46.9 Å². The highest BCUT2D eigenvalue weighted by Crippen LogP contribution is 2.76. The molecule has 352 valence electrons. The van der Waals surface area contributed by atoms with Crippen molar-refractivity contribution in [2.45, 2.75) is 55.4 Å². The van der Waals surface area contributed by atoms with Gasteiger partial charge in [-0.3, -0.25) is 18.3 Å². The van der Waals surface area contributed by atoms with Crippen molar-refractivity contribution in [3.05, 3.63) is 117 Å². The smallest absolute Gasteiger partial charge is 0.485 e. The molecule has 1 heterocycles. The van der Waals surface area contributed by atoms with Crippen molar-refractivity contribution in [3.8, 4) is 0 Å². The molecule has 1 aliphatic heterocycles. The number of quaternary nitrogens is 4. The van der Waals surface area contributed by atoms with Gasteiger partial charge in [0.2, 0.25) is 0 Å². The second-order valence-electron chi connectivity index (χ2n) is 13.2. The summed E-state index contributed by atoms with van der Waals surface area (Å²) in [6, 6.07) is 25.2. The average Bonchev–Trinajstić information content (AvgIpc) is 2.91. The molecule has 0 saturated carbocycles. The lowest BCUT2D eigenvalue weighted by atomic mass is 10.1. The molecule has 1 fully saturated rings. The Balaban J connectivity index is 0. The summed E-state index contributed by atoms with van der Waals surface area (Å²) in [5, 5.41) is 0. The fraction of sp³-hybridized carbons (Fsp3) is 0.250. The molecule has 1 saturated heterocycles. The largest absolute Gasteiger partial charge is 0.756 e. The predicted octanol–water partition coefficient (Wildman–Crippen LogP) is 1.23. The van der Waals surface area contributed by atoms with Gasteiger partial charge in [0.1, 0.15) is 22.7 Å². The van der Waals surface area contributed by atoms with Crippen LogP contribution in [0.2, 0.25) is 0 Å². The van der Waals surface area contributed by atoms with Gasteiger partial charge in [-0.15, -0.1) is 0 Å². The molecule has 4 aromatic carbocycles. The monoisotopic (exact) mass is 1000 g/mol. The SMILES string of the molecule is Cc1cc(C)cc([NH3+])c1.Cc1cc(C)cc([NH3+])c1.Cc1cc(C)cc([NH3+])c1.Cc1cc(C)cc([NH3+])c1.O.O.O=P1([O-])OP(=O)([O-])OP(=O)(O)OP(=O)([O-])OP(=O)([O-])OP(=O)(O)O1. The van der Waals surface area contributed by atoms with E-state index in [-0.39, 0.29) is 11.0 Å². The van der Waals surface area contributed by atoms with E-state index in [1.165, 1.54) is 44.5 Å². The normalized spacial score (nSPS) is 27.0. The number of rotatable bonds is 0. The number of aryl methyl sites for hydroxylation is 8. The maximum absolute atomic E-state index is 11.1. The first-order chi connectivity index (χ1) is 27.0. The Hall–Kier alpha value is -2.46. The first-order valence-corrected chi connectivity index (χ1v) is 25.6. The lowest BCUT2D eigenvalue weighted by molar-refractivity contribution is -0.255. The molecule has 1 aliphatic rings. The summed E-state index contributed by atoms with van der Waals surface area (Å²) in [5.74, 6) is 0.